The zero-order valence-electron chi connectivity index (χ0n) is 14.5. The Balaban J connectivity index is 1.73. The van der Waals surface area contributed by atoms with Gasteiger partial charge >= 0.3 is 0 Å². The summed E-state index contributed by atoms with van der Waals surface area (Å²) in [6.07, 6.45) is 1.57. The van der Waals surface area contributed by atoms with Crippen molar-refractivity contribution in [1.29, 1.82) is 0 Å². The van der Waals surface area contributed by atoms with Crippen LogP contribution in [0.3, 0.4) is 0 Å². The van der Waals surface area contributed by atoms with Gasteiger partial charge in [-0.1, -0.05) is 48.5 Å². The topological polar surface area (TPSA) is 75.9 Å². The average molecular weight is 347 g/mol. The molecule has 0 unspecified atom stereocenters. The van der Waals surface area contributed by atoms with Gasteiger partial charge in [-0.05, 0) is 24.5 Å². The van der Waals surface area contributed by atoms with Crippen LogP contribution in [0.4, 0.5) is 5.95 Å². The highest BCUT2D eigenvalue weighted by Crippen LogP contribution is 2.26. The molecular formula is C20H21N5O. The third-order valence-electron chi connectivity index (χ3n) is 4.46. The number of nitrogens with zero attached hydrogens (tertiary/aromatic N) is 4. The molecule has 0 aliphatic heterocycles. The summed E-state index contributed by atoms with van der Waals surface area (Å²) >= 11 is 0. The van der Waals surface area contributed by atoms with Crippen molar-refractivity contribution in [2.45, 2.75) is 19.4 Å². The standard InChI is InChI=1S/C20H21N5O/c26-14-6-12-21-20-22-19-18(23-24-20)16-9-4-5-10-17(16)25(19)13-11-15-7-2-1-3-8-15/h1-5,7-10,26H,6,11-14H2,(H,21,22,24). The van der Waals surface area contributed by atoms with Crippen molar-refractivity contribution in [1.82, 2.24) is 19.7 Å². The van der Waals surface area contributed by atoms with Gasteiger partial charge in [0.25, 0.3) is 0 Å². The molecule has 0 saturated heterocycles. The first-order chi connectivity index (χ1) is 12.9. The zero-order valence-corrected chi connectivity index (χ0v) is 14.5. The van der Waals surface area contributed by atoms with Gasteiger partial charge in [-0.2, -0.15) is 4.98 Å². The number of aryl methyl sites for hydroxylation is 2. The summed E-state index contributed by atoms with van der Waals surface area (Å²) in [6.45, 7) is 1.58. The van der Waals surface area contributed by atoms with Crippen molar-refractivity contribution in [2.75, 3.05) is 18.5 Å². The Morgan fingerprint density at radius 1 is 0.962 bits per heavy atom. The van der Waals surface area contributed by atoms with E-state index in [1.807, 2.05) is 18.2 Å². The van der Waals surface area contributed by atoms with Gasteiger partial charge < -0.3 is 15.0 Å². The Labute approximate surface area is 151 Å². The van der Waals surface area contributed by atoms with E-state index in [1.54, 1.807) is 0 Å². The van der Waals surface area contributed by atoms with Crippen LogP contribution in [0.1, 0.15) is 12.0 Å². The molecular weight excluding hydrogens is 326 g/mol. The molecule has 0 radical (unpaired) electrons. The quantitative estimate of drug-likeness (QED) is 0.503. The Bertz CT molecular complexity index is 1010. The summed E-state index contributed by atoms with van der Waals surface area (Å²) < 4.78 is 2.21. The van der Waals surface area contributed by atoms with Crippen LogP contribution >= 0.6 is 0 Å². The van der Waals surface area contributed by atoms with E-state index in [0.29, 0.717) is 18.9 Å². The second-order valence-corrected chi connectivity index (χ2v) is 6.22. The van der Waals surface area contributed by atoms with Crippen LogP contribution in [-0.2, 0) is 13.0 Å². The smallest absolute Gasteiger partial charge is 0.244 e. The maximum atomic E-state index is 8.93. The van der Waals surface area contributed by atoms with E-state index in [2.05, 4.69) is 56.5 Å². The molecule has 0 bridgehead atoms. The minimum Gasteiger partial charge on any atom is -0.396 e. The fraction of sp³-hybridized carbons (Fsp3) is 0.250. The van der Waals surface area contributed by atoms with Crippen LogP contribution in [0.15, 0.2) is 54.6 Å². The molecule has 0 aliphatic rings. The molecule has 2 aromatic heterocycles. The highest BCUT2D eigenvalue weighted by molar-refractivity contribution is 6.04. The number of para-hydroxylation sites is 1. The first kappa shape index (κ1) is 16.5. The number of nitrogens with one attached hydrogen (secondary N) is 1. The number of hydrogen-bond acceptors (Lipinski definition) is 5. The molecule has 26 heavy (non-hydrogen) atoms. The van der Waals surface area contributed by atoms with Crippen LogP contribution in [0.25, 0.3) is 22.1 Å². The van der Waals surface area contributed by atoms with Gasteiger partial charge in [0.05, 0.1) is 5.52 Å². The van der Waals surface area contributed by atoms with E-state index >= 15 is 0 Å². The molecule has 2 aromatic carbocycles. The summed E-state index contributed by atoms with van der Waals surface area (Å²) in [4.78, 5) is 4.69. The molecule has 4 rings (SSSR count). The monoisotopic (exact) mass is 347 g/mol. The van der Waals surface area contributed by atoms with E-state index in [0.717, 1.165) is 35.0 Å². The number of aliphatic hydroxyl groups excluding tert-OH is 1. The Morgan fingerprint density at radius 3 is 2.62 bits per heavy atom. The van der Waals surface area contributed by atoms with Gasteiger partial charge in [-0.15, -0.1) is 10.2 Å². The van der Waals surface area contributed by atoms with Crippen molar-refractivity contribution < 1.29 is 5.11 Å². The number of anilines is 1. The number of aromatic nitrogens is 4. The molecule has 0 amide bonds. The van der Waals surface area contributed by atoms with Gasteiger partial charge in [0.15, 0.2) is 5.65 Å². The van der Waals surface area contributed by atoms with Gasteiger partial charge in [-0.25, -0.2) is 0 Å². The molecule has 6 heteroatoms. The fourth-order valence-electron chi connectivity index (χ4n) is 3.17. The summed E-state index contributed by atoms with van der Waals surface area (Å²) in [7, 11) is 0. The first-order valence-electron chi connectivity index (χ1n) is 8.87. The molecule has 0 spiro atoms. The number of aliphatic hydroxyl groups is 1. The van der Waals surface area contributed by atoms with Crippen molar-refractivity contribution in [3.63, 3.8) is 0 Å². The number of rotatable bonds is 7. The Hall–Kier alpha value is -2.99. The molecule has 6 nitrogen and oxygen atoms in total. The van der Waals surface area contributed by atoms with Crippen LogP contribution < -0.4 is 5.32 Å². The molecule has 0 aliphatic carbocycles. The maximum Gasteiger partial charge on any atom is 0.244 e. The molecule has 2 heterocycles. The minimum absolute atomic E-state index is 0.139. The summed E-state index contributed by atoms with van der Waals surface area (Å²) in [5.41, 5.74) is 4.07. The first-order valence-corrected chi connectivity index (χ1v) is 8.87. The molecule has 4 aromatic rings. The van der Waals surface area contributed by atoms with Gasteiger partial charge in [0, 0.05) is 25.1 Å². The van der Waals surface area contributed by atoms with Crippen molar-refractivity contribution in [3.05, 3.63) is 60.2 Å². The third-order valence-corrected chi connectivity index (χ3v) is 4.46. The van der Waals surface area contributed by atoms with E-state index in [4.69, 9.17) is 10.1 Å². The minimum atomic E-state index is 0.139. The predicted octanol–water partition coefficient (Wildman–Crippen LogP) is 3.02. The Kier molecular flexibility index (Phi) is 4.75. The maximum absolute atomic E-state index is 8.93. The highest BCUT2D eigenvalue weighted by Gasteiger charge is 2.14. The van der Waals surface area contributed by atoms with Gasteiger partial charge in [-0.3, -0.25) is 0 Å². The second kappa shape index (κ2) is 7.49. The van der Waals surface area contributed by atoms with E-state index < -0.39 is 0 Å². The molecule has 0 saturated carbocycles. The lowest BCUT2D eigenvalue weighted by Gasteiger charge is -2.08. The lowest BCUT2D eigenvalue weighted by Crippen LogP contribution is -2.09. The van der Waals surface area contributed by atoms with E-state index in [-0.39, 0.29) is 6.61 Å². The summed E-state index contributed by atoms with van der Waals surface area (Å²) in [5.74, 6) is 0.495. The van der Waals surface area contributed by atoms with Crippen LogP contribution in [0.5, 0.6) is 0 Å². The Morgan fingerprint density at radius 2 is 1.77 bits per heavy atom. The third kappa shape index (κ3) is 3.23. The van der Waals surface area contributed by atoms with E-state index in [1.165, 1.54) is 5.56 Å². The van der Waals surface area contributed by atoms with Gasteiger partial charge in [0.1, 0.15) is 5.52 Å². The lowest BCUT2D eigenvalue weighted by molar-refractivity contribution is 0.292. The molecule has 0 atom stereocenters. The normalized spacial score (nSPS) is 11.3. The predicted molar refractivity (Wildman–Crippen MR) is 103 cm³/mol. The van der Waals surface area contributed by atoms with Crippen LogP contribution in [0, 0.1) is 0 Å². The lowest BCUT2D eigenvalue weighted by atomic mass is 10.1. The van der Waals surface area contributed by atoms with E-state index in [9.17, 15) is 0 Å². The fourth-order valence-corrected chi connectivity index (χ4v) is 3.17. The second-order valence-electron chi connectivity index (χ2n) is 6.22. The van der Waals surface area contributed by atoms with Crippen LogP contribution in [0.2, 0.25) is 0 Å². The summed E-state index contributed by atoms with van der Waals surface area (Å²) in [5, 5.41) is 21.7. The van der Waals surface area contributed by atoms with Crippen LogP contribution in [-0.4, -0.2) is 38.0 Å². The van der Waals surface area contributed by atoms with Crippen molar-refractivity contribution in [3.8, 4) is 0 Å². The molecule has 132 valence electrons. The largest absolute Gasteiger partial charge is 0.396 e. The van der Waals surface area contributed by atoms with Gasteiger partial charge in [0.2, 0.25) is 5.95 Å². The zero-order chi connectivity index (χ0) is 17.8. The number of fused-ring (bicyclic) bond motifs is 3. The number of benzene rings is 2. The summed E-state index contributed by atoms with van der Waals surface area (Å²) in [6, 6.07) is 18.7. The molecule has 2 N–H and O–H groups in total. The number of hydrogen-bond donors (Lipinski definition) is 2. The molecule has 0 fully saturated rings. The SMILES string of the molecule is OCCCNc1nnc2c3ccccc3n(CCc3ccccc3)c2n1. The van der Waals surface area contributed by atoms with Crippen molar-refractivity contribution >= 4 is 28.0 Å². The highest BCUT2D eigenvalue weighted by atomic mass is 16.3. The average Bonchev–Trinajstić information content (AvgIpc) is 3.00. The van der Waals surface area contributed by atoms with Crippen molar-refractivity contribution in [2.24, 2.45) is 0 Å².